The summed E-state index contributed by atoms with van der Waals surface area (Å²) in [7, 11) is 1.80. The summed E-state index contributed by atoms with van der Waals surface area (Å²) in [5.74, 6) is -0.270. The second-order valence-electron chi connectivity index (χ2n) is 4.22. The molecular weight excluding hydrogens is 219 g/mol. The predicted molar refractivity (Wildman–Crippen MR) is 65.7 cm³/mol. The van der Waals surface area contributed by atoms with E-state index in [0.717, 1.165) is 22.0 Å². The van der Waals surface area contributed by atoms with Crippen LogP contribution in [0.5, 0.6) is 0 Å². The van der Waals surface area contributed by atoms with Crippen LogP contribution in [0.15, 0.2) is 29.1 Å². The molecule has 86 valence electrons. The maximum atomic E-state index is 13.8. The summed E-state index contributed by atoms with van der Waals surface area (Å²) in [5.41, 5.74) is 1.99. The Bertz CT molecular complexity index is 798. The van der Waals surface area contributed by atoms with Gasteiger partial charge in [0, 0.05) is 29.6 Å². The first kappa shape index (κ1) is 10.1. The number of benzene rings is 1. The number of hydrogen-bond donors (Lipinski definition) is 1. The summed E-state index contributed by atoms with van der Waals surface area (Å²) in [4.78, 5) is 14.2. The van der Waals surface area contributed by atoms with Gasteiger partial charge in [-0.3, -0.25) is 4.79 Å². The van der Waals surface area contributed by atoms with Crippen LogP contribution in [0.4, 0.5) is 4.39 Å². The standard InChI is InChI=1S/C13H11FN2O/c1-7-12-9(6-11(17)15-7)8-4-3-5-10(14)13(8)16(12)2/h3-6H,1-2H3,(H,15,17). The van der Waals surface area contributed by atoms with Gasteiger partial charge in [-0.2, -0.15) is 0 Å². The number of para-hydroxylation sites is 1. The largest absolute Gasteiger partial charge is 0.340 e. The lowest BCUT2D eigenvalue weighted by atomic mass is 10.1. The SMILES string of the molecule is Cc1[nH]c(=O)cc2c3cccc(F)c3n(C)c12. The summed E-state index contributed by atoms with van der Waals surface area (Å²) in [6.07, 6.45) is 0. The molecule has 1 N–H and O–H groups in total. The maximum Gasteiger partial charge on any atom is 0.248 e. The van der Waals surface area contributed by atoms with Crippen LogP contribution in [0.1, 0.15) is 5.69 Å². The van der Waals surface area contributed by atoms with Gasteiger partial charge in [0.2, 0.25) is 5.56 Å². The zero-order valence-corrected chi connectivity index (χ0v) is 9.54. The molecule has 0 saturated heterocycles. The van der Waals surface area contributed by atoms with Crippen LogP contribution in [0.3, 0.4) is 0 Å². The Morgan fingerprint density at radius 3 is 2.76 bits per heavy atom. The second kappa shape index (κ2) is 3.20. The highest BCUT2D eigenvalue weighted by atomic mass is 19.1. The van der Waals surface area contributed by atoms with Crippen LogP contribution in [-0.4, -0.2) is 9.55 Å². The number of nitrogens with zero attached hydrogens (tertiary/aromatic N) is 1. The van der Waals surface area contributed by atoms with E-state index in [1.54, 1.807) is 17.7 Å². The van der Waals surface area contributed by atoms with E-state index in [2.05, 4.69) is 4.98 Å². The number of aromatic amines is 1. The van der Waals surface area contributed by atoms with Gasteiger partial charge >= 0.3 is 0 Å². The molecule has 0 radical (unpaired) electrons. The van der Waals surface area contributed by atoms with E-state index in [9.17, 15) is 9.18 Å². The highest BCUT2D eigenvalue weighted by molar-refractivity contribution is 6.08. The fourth-order valence-corrected chi connectivity index (χ4v) is 2.50. The van der Waals surface area contributed by atoms with Gasteiger partial charge in [-0.15, -0.1) is 0 Å². The van der Waals surface area contributed by atoms with Crippen LogP contribution in [0, 0.1) is 12.7 Å². The van der Waals surface area contributed by atoms with Crippen LogP contribution >= 0.6 is 0 Å². The Kier molecular flexibility index (Phi) is 1.90. The van der Waals surface area contributed by atoms with Crippen molar-refractivity contribution >= 4 is 21.8 Å². The number of pyridine rings is 1. The number of aromatic nitrogens is 2. The van der Waals surface area contributed by atoms with Gasteiger partial charge in [0.25, 0.3) is 0 Å². The summed E-state index contributed by atoms with van der Waals surface area (Å²) in [6, 6.07) is 6.44. The minimum absolute atomic E-state index is 0.160. The molecule has 4 heteroatoms. The third-order valence-electron chi connectivity index (χ3n) is 3.14. The molecule has 2 heterocycles. The molecule has 0 spiro atoms. The predicted octanol–water partition coefficient (Wildman–Crippen LogP) is 2.47. The fourth-order valence-electron chi connectivity index (χ4n) is 2.50. The molecule has 0 amide bonds. The van der Waals surface area contributed by atoms with E-state index < -0.39 is 0 Å². The smallest absolute Gasteiger partial charge is 0.248 e. The molecule has 0 aliphatic rings. The van der Waals surface area contributed by atoms with Crippen molar-refractivity contribution < 1.29 is 4.39 Å². The molecular formula is C13H11FN2O. The Morgan fingerprint density at radius 1 is 1.24 bits per heavy atom. The Morgan fingerprint density at radius 2 is 2.00 bits per heavy atom. The van der Waals surface area contributed by atoms with Gasteiger partial charge in [0.1, 0.15) is 5.82 Å². The quantitative estimate of drug-likeness (QED) is 0.633. The molecule has 3 nitrogen and oxygen atoms in total. The van der Waals surface area contributed by atoms with Crippen molar-refractivity contribution in [1.29, 1.82) is 0 Å². The van der Waals surface area contributed by atoms with Crippen molar-refractivity contribution in [1.82, 2.24) is 9.55 Å². The number of H-pyrrole nitrogens is 1. The molecule has 17 heavy (non-hydrogen) atoms. The van der Waals surface area contributed by atoms with Gasteiger partial charge in [0.05, 0.1) is 11.0 Å². The lowest BCUT2D eigenvalue weighted by Gasteiger charge is -2.01. The van der Waals surface area contributed by atoms with Gasteiger partial charge in [-0.05, 0) is 13.0 Å². The first-order valence-corrected chi connectivity index (χ1v) is 5.36. The van der Waals surface area contributed by atoms with Gasteiger partial charge < -0.3 is 9.55 Å². The van der Waals surface area contributed by atoms with Gasteiger partial charge in [-0.25, -0.2) is 4.39 Å². The van der Waals surface area contributed by atoms with Crippen LogP contribution in [0.25, 0.3) is 21.8 Å². The highest BCUT2D eigenvalue weighted by Gasteiger charge is 2.13. The van der Waals surface area contributed by atoms with E-state index in [1.165, 1.54) is 12.1 Å². The summed E-state index contributed by atoms with van der Waals surface area (Å²) in [6.45, 7) is 1.82. The average Bonchev–Trinajstić information content (AvgIpc) is 2.54. The molecule has 0 fully saturated rings. The second-order valence-corrected chi connectivity index (χ2v) is 4.22. The van der Waals surface area contributed by atoms with Crippen molar-refractivity contribution in [2.24, 2.45) is 7.05 Å². The number of nitrogens with one attached hydrogen (secondary N) is 1. The van der Waals surface area contributed by atoms with Crippen LogP contribution in [0.2, 0.25) is 0 Å². The number of hydrogen-bond acceptors (Lipinski definition) is 1. The van der Waals surface area contributed by atoms with Crippen molar-refractivity contribution in [2.45, 2.75) is 6.92 Å². The summed E-state index contributed by atoms with van der Waals surface area (Å²) >= 11 is 0. The number of fused-ring (bicyclic) bond motifs is 3. The summed E-state index contributed by atoms with van der Waals surface area (Å²) < 4.78 is 15.6. The van der Waals surface area contributed by atoms with Crippen LogP contribution in [-0.2, 0) is 7.05 Å². The number of aryl methyl sites for hydroxylation is 2. The number of halogens is 1. The van der Waals surface area contributed by atoms with Gasteiger partial charge in [-0.1, -0.05) is 12.1 Å². The van der Waals surface area contributed by atoms with Crippen LogP contribution < -0.4 is 5.56 Å². The van der Waals surface area contributed by atoms with E-state index in [4.69, 9.17) is 0 Å². The van der Waals surface area contributed by atoms with Crippen molar-refractivity contribution in [3.8, 4) is 0 Å². The zero-order chi connectivity index (χ0) is 12.2. The molecule has 1 aromatic carbocycles. The first-order chi connectivity index (χ1) is 8.09. The Hall–Kier alpha value is -2.10. The zero-order valence-electron chi connectivity index (χ0n) is 9.54. The molecule has 3 rings (SSSR count). The maximum absolute atomic E-state index is 13.8. The first-order valence-electron chi connectivity index (χ1n) is 5.36. The van der Waals surface area contributed by atoms with E-state index in [0.29, 0.717) is 5.52 Å². The topological polar surface area (TPSA) is 37.8 Å². The van der Waals surface area contributed by atoms with Crippen molar-refractivity contribution in [3.63, 3.8) is 0 Å². The fraction of sp³-hybridized carbons (Fsp3) is 0.154. The monoisotopic (exact) mass is 230 g/mol. The molecule has 0 aliphatic heterocycles. The lowest BCUT2D eigenvalue weighted by molar-refractivity contribution is 0.633. The lowest BCUT2D eigenvalue weighted by Crippen LogP contribution is -2.06. The van der Waals surface area contributed by atoms with E-state index in [-0.39, 0.29) is 11.4 Å². The number of rotatable bonds is 0. The summed E-state index contributed by atoms with van der Waals surface area (Å²) in [5, 5.41) is 1.57. The highest BCUT2D eigenvalue weighted by Crippen LogP contribution is 2.29. The minimum Gasteiger partial charge on any atom is -0.340 e. The molecule has 0 unspecified atom stereocenters. The van der Waals surface area contributed by atoms with Crippen molar-refractivity contribution in [2.75, 3.05) is 0 Å². The molecule has 0 aliphatic carbocycles. The molecule has 0 bridgehead atoms. The molecule has 2 aromatic heterocycles. The van der Waals surface area contributed by atoms with Gasteiger partial charge in [0.15, 0.2) is 0 Å². The molecule has 3 aromatic rings. The average molecular weight is 230 g/mol. The Labute approximate surface area is 96.5 Å². The normalized spacial score (nSPS) is 11.5. The van der Waals surface area contributed by atoms with E-state index in [1.807, 2.05) is 13.0 Å². The molecule has 0 atom stereocenters. The molecule has 0 saturated carbocycles. The third kappa shape index (κ3) is 1.24. The van der Waals surface area contributed by atoms with Crippen molar-refractivity contribution in [3.05, 3.63) is 46.1 Å². The third-order valence-corrected chi connectivity index (χ3v) is 3.14. The van der Waals surface area contributed by atoms with E-state index >= 15 is 0 Å². The Balaban J connectivity index is 2.73. The minimum atomic E-state index is -0.270.